The lowest BCUT2D eigenvalue weighted by Gasteiger charge is -2.52. The van der Waals surface area contributed by atoms with E-state index in [1.165, 1.54) is 6.26 Å². The van der Waals surface area contributed by atoms with Gasteiger partial charge in [0.2, 0.25) is 5.91 Å². The Kier molecular flexibility index (Phi) is 4.75. The molecule has 1 spiro atoms. The summed E-state index contributed by atoms with van der Waals surface area (Å²) in [7, 11) is 0. The van der Waals surface area contributed by atoms with Gasteiger partial charge in [0.15, 0.2) is 5.76 Å². The van der Waals surface area contributed by atoms with E-state index < -0.39 is 0 Å². The Hall–Kier alpha value is -1.86. The molecular formula is C19H26N2O5. The molecule has 0 unspecified atom stereocenters. The van der Waals surface area contributed by atoms with Crippen LogP contribution >= 0.6 is 0 Å². The predicted molar refractivity (Wildman–Crippen MR) is 92.8 cm³/mol. The molecule has 1 atom stereocenters. The molecule has 0 aromatic carbocycles. The molecule has 4 rings (SSSR count). The lowest BCUT2D eigenvalue weighted by Crippen LogP contribution is -2.67. The van der Waals surface area contributed by atoms with E-state index in [-0.39, 0.29) is 30.1 Å². The third-order valence-electron chi connectivity index (χ3n) is 5.65. The minimum Gasteiger partial charge on any atom is -0.459 e. The highest BCUT2D eigenvalue weighted by Gasteiger charge is 2.50. The zero-order valence-electron chi connectivity index (χ0n) is 15.2. The molecule has 0 radical (unpaired) electrons. The maximum absolute atomic E-state index is 12.5. The number of amides is 2. The normalized spacial score (nSPS) is 24.7. The Morgan fingerprint density at radius 1 is 1.27 bits per heavy atom. The van der Waals surface area contributed by atoms with Crippen molar-refractivity contribution in [3.8, 4) is 0 Å². The lowest BCUT2D eigenvalue weighted by atomic mass is 9.84. The molecule has 7 nitrogen and oxygen atoms in total. The maximum Gasteiger partial charge on any atom is 0.290 e. The smallest absolute Gasteiger partial charge is 0.290 e. The summed E-state index contributed by atoms with van der Waals surface area (Å²) in [5.74, 6) is 0.399. The van der Waals surface area contributed by atoms with Gasteiger partial charge in [0.1, 0.15) is 12.2 Å². The van der Waals surface area contributed by atoms with Gasteiger partial charge in [-0.3, -0.25) is 9.59 Å². The van der Waals surface area contributed by atoms with Gasteiger partial charge >= 0.3 is 0 Å². The van der Waals surface area contributed by atoms with Gasteiger partial charge in [-0.2, -0.15) is 0 Å². The van der Waals surface area contributed by atoms with Crippen LogP contribution in [0.1, 0.15) is 41.8 Å². The van der Waals surface area contributed by atoms with Crippen molar-refractivity contribution in [2.45, 2.75) is 44.3 Å². The number of hydrogen-bond donors (Lipinski definition) is 0. The number of furan rings is 1. The number of likely N-dealkylation sites (tertiary alicyclic amines) is 2. The molecule has 142 valence electrons. The highest BCUT2D eigenvalue weighted by atomic mass is 16.5. The zero-order chi connectivity index (χ0) is 18.1. The Morgan fingerprint density at radius 2 is 2.04 bits per heavy atom. The van der Waals surface area contributed by atoms with E-state index in [4.69, 9.17) is 13.9 Å². The van der Waals surface area contributed by atoms with Crippen molar-refractivity contribution in [3.05, 3.63) is 23.7 Å². The first kappa shape index (κ1) is 17.5. The van der Waals surface area contributed by atoms with Crippen LogP contribution in [0.3, 0.4) is 0 Å². The molecule has 0 bridgehead atoms. The SMILES string of the molecule is Cc1ccoc1C(=O)N1CC2(C[C@H](OCC(=O)N3CCCC3)CCO2)C1. The van der Waals surface area contributed by atoms with Crippen molar-refractivity contribution in [3.63, 3.8) is 0 Å². The molecule has 1 aromatic rings. The zero-order valence-corrected chi connectivity index (χ0v) is 15.2. The Bertz CT molecular complexity index is 673. The first-order valence-electron chi connectivity index (χ1n) is 9.43. The summed E-state index contributed by atoms with van der Waals surface area (Å²) < 4.78 is 17.1. The quantitative estimate of drug-likeness (QED) is 0.814. The number of hydrogen-bond acceptors (Lipinski definition) is 5. The Labute approximate surface area is 153 Å². The van der Waals surface area contributed by atoms with Crippen LogP contribution in [-0.2, 0) is 14.3 Å². The Morgan fingerprint density at radius 3 is 2.73 bits per heavy atom. The average molecular weight is 362 g/mol. The fourth-order valence-corrected chi connectivity index (χ4v) is 4.12. The monoisotopic (exact) mass is 362 g/mol. The van der Waals surface area contributed by atoms with E-state index in [9.17, 15) is 9.59 Å². The van der Waals surface area contributed by atoms with Crippen molar-refractivity contribution >= 4 is 11.8 Å². The van der Waals surface area contributed by atoms with Crippen molar-refractivity contribution in [2.24, 2.45) is 0 Å². The van der Waals surface area contributed by atoms with Gasteiger partial charge in [0.25, 0.3) is 5.91 Å². The molecule has 4 heterocycles. The van der Waals surface area contributed by atoms with Crippen LogP contribution in [0.25, 0.3) is 0 Å². The number of carbonyl (C=O) groups is 2. The summed E-state index contributed by atoms with van der Waals surface area (Å²) in [6.45, 7) is 5.41. The molecule has 1 aromatic heterocycles. The summed E-state index contributed by atoms with van der Waals surface area (Å²) >= 11 is 0. The molecule has 7 heteroatoms. The number of nitrogens with zero attached hydrogens (tertiary/aromatic N) is 2. The van der Waals surface area contributed by atoms with Crippen LogP contribution in [-0.4, -0.2) is 72.7 Å². The van der Waals surface area contributed by atoms with Crippen molar-refractivity contribution in [1.82, 2.24) is 9.80 Å². The van der Waals surface area contributed by atoms with Crippen LogP contribution in [0, 0.1) is 6.92 Å². The second-order valence-corrected chi connectivity index (χ2v) is 7.64. The largest absolute Gasteiger partial charge is 0.459 e. The van der Waals surface area contributed by atoms with Crippen molar-refractivity contribution in [2.75, 3.05) is 39.4 Å². The molecule has 0 N–H and O–H groups in total. The van der Waals surface area contributed by atoms with Crippen LogP contribution in [0.4, 0.5) is 0 Å². The molecule has 2 amide bonds. The fourth-order valence-electron chi connectivity index (χ4n) is 4.12. The van der Waals surface area contributed by atoms with Crippen molar-refractivity contribution in [1.29, 1.82) is 0 Å². The van der Waals surface area contributed by atoms with Gasteiger partial charge in [-0.25, -0.2) is 0 Å². The second-order valence-electron chi connectivity index (χ2n) is 7.64. The van der Waals surface area contributed by atoms with Crippen LogP contribution in [0.15, 0.2) is 16.7 Å². The van der Waals surface area contributed by atoms with Crippen LogP contribution < -0.4 is 0 Å². The van der Waals surface area contributed by atoms with Crippen molar-refractivity contribution < 1.29 is 23.5 Å². The van der Waals surface area contributed by atoms with Crippen LogP contribution in [0.5, 0.6) is 0 Å². The first-order valence-corrected chi connectivity index (χ1v) is 9.43. The average Bonchev–Trinajstić information content (AvgIpc) is 3.29. The molecule has 3 saturated heterocycles. The molecule has 0 saturated carbocycles. The van der Waals surface area contributed by atoms with E-state index in [1.54, 1.807) is 11.0 Å². The minimum atomic E-state index is -0.338. The Balaban J connectivity index is 1.27. The third-order valence-corrected chi connectivity index (χ3v) is 5.65. The lowest BCUT2D eigenvalue weighted by molar-refractivity contribution is -0.188. The number of aryl methyl sites for hydroxylation is 1. The number of carbonyl (C=O) groups excluding carboxylic acids is 2. The molecule has 26 heavy (non-hydrogen) atoms. The molecular weight excluding hydrogens is 336 g/mol. The molecule has 3 aliphatic heterocycles. The number of ether oxygens (including phenoxy) is 2. The van der Waals surface area contributed by atoms with E-state index in [0.29, 0.717) is 25.5 Å². The summed E-state index contributed by atoms with van der Waals surface area (Å²) in [6.07, 6.45) is 5.24. The second kappa shape index (κ2) is 7.04. The van der Waals surface area contributed by atoms with Gasteiger partial charge in [0.05, 0.1) is 25.5 Å². The van der Waals surface area contributed by atoms with E-state index in [1.807, 2.05) is 11.8 Å². The first-order chi connectivity index (χ1) is 12.6. The summed E-state index contributed by atoms with van der Waals surface area (Å²) in [5, 5.41) is 0. The van der Waals surface area contributed by atoms with Gasteiger partial charge in [-0.05, 0) is 32.3 Å². The van der Waals surface area contributed by atoms with Crippen LogP contribution in [0.2, 0.25) is 0 Å². The van der Waals surface area contributed by atoms with Gasteiger partial charge in [-0.15, -0.1) is 0 Å². The van der Waals surface area contributed by atoms with E-state index >= 15 is 0 Å². The highest BCUT2D eigenvalue weighted by Crippen LogP contribution is 2.36. The number of rotatable bonds is 4. The fraction of sp³-hybridized carbons (Fsp3) is 0.684. The summed E-state index contributed by atoms with van der Waals surface area (Å²) in [5.41, 5.74) is 0.512. The topological polar surface area (TPSA) is 72.2 Å². The minimum absolute atomic E-state index is 0.0119. The van der Waals surface area contributed by atoms with Gasteiger partial charge in [0, 0.05) is 31.7 Å². The van der Waals surface area contributed by atoms with E-state index in [0.717, 1.165) is 44.3 Å². The van der Waals surface area contributed by atoms with E-state index in [2.05, 4.69) is 0 Å². The maximum atomic E-state index is 12.5. The van der Waals surface area contributed by atoms with Gasteiger partial charge in [-0.1, -0.05) is 0 Å². The summed E-state index contributed by atoms with van der Waals surface area (Å²) in [4.78, 5) is 28.3. The molecule has 3 aliphatic rings. The molecule has 3 fully saturated rings. The van der Waals surface area contributed by atoms with Gasteiger partial charge < -0.3 is 23.7 Å². The standard InChI is InChI=1S/C19H26N2O5/c1-14-4-8-24-17(14)18(23)21-12-19(13-21)10-15(5-9-26-19)25-11-16(22)20-6-2-3-7-20/h4,8,15H,2-3,5-7,9-13H2,1H3/t15-/m1/s1. The molecule has 0 aliphatic carbocycles. The predicted octanol–water partition coefficient (Wildman–Crippen LogP) is 1.60. The highest BCUT2D eigenvalue weighted by molar-refractivity contribution is 5.93. The summed E-state index contributed by atoms with van der Waals surface area (Å²) in [6, 6.07) is 1.79. The third kappa shape index (κ3) is 3.38.